The van der Waals surface area contributed by atoms with Gasteiger partial charge in [-0.3, -0.25) is 28.9 Å². The van der Waals surface area contributed by atoms with Gasteiger partial charge in [-0.2, -0.15) is 0 Å². The van der Waals surface area contributed by atoms with Gasteiger partial charge in [-0.15, -0.1) is 0 Å². The first kappa shape index (κ1) is 34.1. The molecule has 2 heterocycles. The van der Waals surface area contributed by atoms with Crippen LogP contribution in [-0.2, 0) is 44.8 Å². The molecule has 1 aromatic carbocycles. The van der Waals surface area contributed by atoms with E-state index in [2.05, 4.69) is 10.6 Å². The summed E-state index contributed by atoms with van der Waals surface area (Å²) >= 11 is 0. The third-order valence-corrected chi connectivity index (χ3v) is 6.59. The fourth-order valence-electron chi connectivity index (χ4n) is 4.13. The normalized spacial score (nSPS) is 23.0. The molecule has 3 rings (SSSR count). The van der Waals surface area contributed by atoms with Crippen LogP contribution in [0.4, 0.5) is 5.69 Å². The molecular formula is C28H35N3O13. The van der Waals surface area contributed by atoms with Gasteiger partial charge in [0.1, 0.15) is 30.7 Å². The smallest absolute Gasteiger partial charge is 0.335 e. The summed E-state index contributed by atoms with van der Waals surface area (Å²) < 4.78 is 16.0. The van der Waals surface area contributed by atoms with Crippen molar-refractivity contribution in [3.05, 3.63) is 35.9 Å². The number of aliphatic hydroxyl groups is 3. The number of nitrogens with one attached hydrogen (secondary N) is 2. The maximum absolute atomic E-state index is 12.7. The number of anilines is 1. The van der Waals surface area contributed by atoms with Gasteiger partial charge < -0.3 is 45.3 Å². The lowest BCUT2D eigenvalue weighted by atomic mass is 9.99. The third kappa shape index (κ3) is 9.06. The lowest BCUT2D eigenvalue weighted by molar-refractivity contribution is -0.271. The molecule has 2 aliphatic heterocycles. The largest absolute Gasteiger partial charge is 0.479 e. The van der Waals surface area contributed by atoms with E-state index in [1.165, 1.54) is 18.2 Å². The monoisotopic (exact) mass is 621 g/mol. The summed E-state index contributed by atoms with van der Waals surface area (Å²) in [5, 5.41) is 44.8. The van der Waals surface area contributed by atoms with Crippen LogP contribution in [0.5, 0.6) is 5.75 Å². The second-order valence-electron chi connectivity index (χ2n) is 10.4. The van der Waals surface area contributed by atoms with E-state index < -0.39 is 66.3 Å². The Labute approximate surface area is 251 Å². The van der Waals surface area contributed by atoms with Crippen LogP contribution in [0.3, 0.4) is 0 Å². The summed E-state index contributed by atoms with van der Waals surface area (Å²) in [7, 11) is 0. The molecule has 16 nitrogen and oxygen atoms in total. The van der Waals surface area contributed by atoms with E-state index in [0.717, 1.165) is 17.1 Å². The number of carbonyl (C=O) groups is 6. The third-order valence-electron chi connectivity index (χ3n) is 6.59. The van der Waals surface area contributed by atoms with Crippen molar-refractivity contribution in [3.63, 3.8) is 0 Å². The van der Waals surface area contributed by atoms with Crippen molar-refractivity contribution in [2.45, 2.75) is 70.4 Å². The van der Waals surface area contributed by atoms with Crippen LogP contribution in [0.2, 0.25) is 0 Å². The van der Waals surface area contributed by atoms with Gasteiger partial charge in [0.2, 0.25) is 18.1 Å². The summed E-state index contributed by atoms with van der Waals surface area (Å²) in [4.78, 5) is 72.4. The lowest BCUT2D eigenvalue weighted by Crippen LogP contribution is -2.61. The minimum atomic E-state index is -1.93. The van der Waals surface area contributed by atoms with E-state index >= 15 is 0 Å². The number of amides is 4. The van der Waals surface area contributed by atoms with Crippen molar-refractivity contribution in [2.24, 2.45) is 5.92 Å². The van der Waals surface area contributed by atoms with Crippen LogP contribution in [0.25, 0.3) is 0 Å². The highest BCUT2D eigenvalue weighted by Crippen LogP contribution is 2.31. The number of nitrogens with zero attached hydrogens (tertiary/aromatic N) is 1. The molecule has 0 radical (unpaired) electrons. The number of carbonyl (C=O) groups excluding carboxylic acids is 5. The van der Waals surface area contributed by atoms with Crippen LogP contribution in [0.1, 0.15) is 38.7 Å². The Kier molecular flexibility index (Phi) is 11.9. The highest BCUT2D eigenvalue weighted by atomic mass is 16.7. The van der Waals surface area contributed by atoms with Crippen LogP contribution in [0, 0.1) is 5.92 Å². The van der Waals surface area contributed by atoms with Gasteiger partial charge in [0, 0.05) is 38.1 Å². The van der Waals surface area contributed by atoms with Crippen LogP contribution in [0.15, 0.2) is 30.4 Å². The SMILES string of the molecule is CC(C)C(=O)OCc1ccc(O[C@@H]2O[C@H](C(=O)O)[C@@H](O)[C@H](O)[C@H]2O)c(NC(=O)CCNC(=O)CCCN2C(=O)C=CC2=O)c1. The average Bonchev–Trinajstić information content (AvgIpc) is 3.29. The number of ether oxygens (including phenoxy) is 3. The number of carboxylic acids is 1. The molecule has 4 amide bonds. The summed E-state index contributed by atoms with van der Waals surface area (Å²) in [6, 6.07) is 4.22. The molecule has 0 aliphatic carbocycles. The van der Waals surface area contributed by atoms with E-state index in [4.69, 9.17) is 14.2 Å². The fraction of sp³-hybridized carbons (Fsp3) is 0.500. The van der Waals surface area contributed by atoms with Gasteiger partial charge >= 0.3 is 11.9 Å². The van der Waals surface area contributed by atoms with E-state index in [0.29, 0.717) is 5.56 Å². The minimum absolute atomic E-state index is 0.00934. The van der Waals surface area contributed by atoms with Crippen molar-refractivity contribution in [2.75, 3.05) is 18.4 Å². The van der Waals surface area contributed by atoms with E-state index in [9.17, 15) is 49.2 Å². The molecule has 240 valence electrons. The molecule has 5 atom stereocenters. The maximum Gasteiger partial charge on any atom is 0.335 e. The Hall–Kier alpha value is -4.38. The molecule has 0 aromatic heterocycles. The summed E-state index contributed by atoms with van der Waals surface area (Å²) in [6.45, 7) is 3.16. The number of imide groups is 1. The van der Waals surface area contributed by atoms with Crippen LogP contribution in [-0.4, -0.2) is 105 Å². The van der Waals surface area contributed by atoms with Gasteiger partial charge in [-0.25, -0.2) is 4.79 Å². The Morgan fingerprint density at radius 3 is 2.30 bits per heavy atom. The lowest BCUT2D eigenvalue weighted by Gasteiger charge is -2.38. The number of hydrogen-bond acceptors (Lipinski definition) is 12. The average molecular weight is 622 g/mol. The van der Waals surface area contributed by atoms with E-state index in [-0.39, 0.29) is 56.3 Å². The Morgan fingerprint density at radius 1 is 0.977 bits per heavy atom. The van der Waals surface area contributed by atoms with Crippen molar-refractivity contribution < 1.29 is 63.4 Å². The maximum atomic E-state index is 12.7. The zero-order valence-electron chi connectivity index (χ0n) is 24.0. The first-order valence-electron chi connectivity index (χ1n) is 13.8. The predicted molar refractivity (Wildman–Crippen MR) is 147 cm³/mol. The molecular weight excluding hydrogens is 586 g/mol. The molecule has 0 spiro atoms. The first-order chi connectivity index (χ1) is 20.8. The molecule has 1 fully saturated rings. The molecule has 1 aromatic rings. The zero-order valence-corrected chi connectivity index (χ0v) is 24.0. The number of aliphatic hydroxyl groups excluding tert-OH is 3. The summed E-state index contributed by atoms with van der Waals surface area (Å²) in [5.74, 6) is -4.45. The van der Waals surface area contributed by atoms with Crippen molar-refractivity contribution in [3.8, 4) is 5.75 Å². The number of rotatable bonds is 14. The molecule has 0 saturated carbocycles. The number of esters is 1. The van der Waals surface area contributed by atoms with Crippen molar-refractivity contribution in [1.82, 2.24) is 10.2 Å². The number of aliphatic carboxylic acids is 1. The quantitative estimate of drug-likeness (QED) is 0.106. The Balaban J connectivity index is 1.62. The second-order valence-corrected chi connectivity index (χ2v) is 10.4. The first-order valence-corrected chi connectivity index (χ1v) is 13.8. The minimum Gasteiger partial charge on any atom is -0.479 e. The highest BCUT2D eigenvalue weighted by molar-refractivity contribution is 6.12. The molecule has 16 heteroatoms. The summed E-state index contributed by atoms with van der Waals surface area (Å²) in [6.07, 6.45) is -7.03. The highest BCUT2D eigenvalue weighted by Gasteiger charge is 2.48. The van der Waals surface area contributed by atoms with Crippen molar-refractivity contribution in [1.29, 1.82) is 0 Å². The molecule has 44 heavy (non-hydrogen) atoms. The topological polar surface area (TPSA) is 238 Å². The van der Waals surface area contributed by atoms with Crippen LogP contribution < -0.4 is 15.4 Å². The number of hydrogen-bond donors (Lipinski definition) is 6. The number of benzene rings is 1. The molecule has 0 bridgehead atoms. The molecule has 2 aliphatic rings. The van der Waals surface area contributed by atoms with Crippen molar-refractivity contribution >= 4 is 41.3 Å². The van der Waals surface area contributed by atoms with Gasteiger partial charge in [-0.1, -0.05) is 19.9 Å². The van der Waals surface area contributed by atoms with Gasteiger partial charge in [0.15, 0.2) is 6.10 Å². The van der Waals surface area contributed by atoms with Crippen LogP contribution >= 0.6 is 0 Å². The zero-order chi connectivity index (χ0) is 32.6. The molecule has 0 unspecified atom stereocenters. The van der Waals surface area contributed by atoms with Gasteiger partial charge in [-0.05, 0) is 24.1 Å². The molecule has 1 saturated heterocycles. The standard InChI is InChI=1S/C28H35N3O13/c1-14(2)27(41)42-13-15-5-6-17(43-28-24(38)22(36)23(37)25(44-28)26(39)40)16(12-15)30-19(33)9-10-29-18(32)4-3-11-31-20(34)7-8-21(31)35/h5-8,12,14,22-25,28,36-38H,3-4,9-11,13H2,1-2H3,(H,29,32)(H,30,33)(H,39,40)/t22-,23-,24+,25-,28+/m0/s1. The summed E-state index contributed by atoms with van der Waals surface area (Å²) in [5.41, 5.74) is 0.445. The Morgan fingerprint density at radius 2 is 1.66 bits per heavy atom. The second kappa shape index (κ2) is 15.4. The predicted octanol–water partition coefficient (Wildman–Crippen LogP) is -1.19. The van der Waals surface area contributed by atoms with E-state index in [1.54, 1.807) is 13.8 Å². The number of carboxylic acid groups (broad SMARTS) is 1. The fourth-order valence-corrected chi connectivity index (χ4v) is 4.13. The van der Waals surface area contributed by atoms with Gasteiger partial charge in [0.05, 0.1) is 11.6 Å². The molecule has 6 N–H and O–H groups in total. The Bertz CT molecular complexity index is 1280. The van der Waals surface area contributed by atoms with E-state index in [1.807, 2.05) is 0 Å². The van der Waals surface area contributed by atoms with Gasteiger partial charge in [0.25, 0.3) is 11.8 Å².